The first-order valence-electron chi connectivity index (χ1n) is 14.7. The zero-order valence-corrected chi connectivity index (χ0v) is 24.4. The summed E-state index contributed by atoms with van der Waals surface area (Å²) in [5.74, 6) is 0. The van der Waals surface area contributed by atoms with Crippen molar-refractivity contribution in [2.75, 3.05) is 0 Å². The maximum absolute atomic E-state index is 2.32. The molecule has 2 aliphatic rings. The van der Waals surface area contributed by atoms with Crippen molar-refractivity contribution in [3.63, 3.8) is 0 Å². The first-order chi connectivity index (χ1) is 20.1. The molecule has 0 radical (unpaired) electrons. The van der Waals surface area contributed by atoms with Gasteiger partial charge in [0, 0.05) is 5.41 Å². The quantitative estimate of drug-likeness (QED) is 0.199. The van der Waals surface area contributed by atoms with E-state index in [1.807, 2.05) is 13.8 Å². The zero-order valence-electron chi connectivity index (χ0n) is 24.4. The Morgan fingerprint density at radius 2 is 0.829 bits per heavy atom. The third kappa shape index (κ3) is 4.70. The minimum Gasteiger partial charge on any atom is -0.0683 e. The molecule has 0 aromatic heterocycles. The smallest absolute Gasteiger partial charge is 0.0158 e. The van der Waals surface area contributed by atoms with Gasteiger partial charge < -0.3 is 0 Å². The molecule has 8 rings (SSSR count). The molecule has 0 amide bonds. The highest BCUT2D eigenvalue weighted by Crippen LogP contribution is 2.48. The van der Waals surface area contributed by atoms with Crippen molar-refractivity contribution < 1.29 is 0 Å². The lowest BCUT2D eigenvalue weighted by molar-refractivity contribution is 0.660. The molecule has 41 heavy (non-hydrogen) atoms. The summed E-state index contributed by atoms with van der Waals surface area (Å²) in [6.45, 7) is 8.61. The normalized spacial score (nSPS) is 13.0. The SMILES string of the molecule is C(=C1c2ccccc2-c2ccccc21)c1ccc2ccccc2c1.CC.CC1(C)c2ccccc2-c2ccccc21. The van der Waals surface area contributed by atoms with Crippen LogP contribution in [0.5, 0.6) is 0 Å². The van der Waals surface area contributed by atoms with Crippen molar-refractivity contribution in [1.82, 2.24) is 0 Å². The lowest BCUT2D eigenvalue weighted by atomic mass is 9.82. The molecule has 0 heteroatoms. The van der Waals surface area contributed by atoms with E-state index < -0.39 is 0 Å². The van der Waals surface area contributed by atoms with Crippen molar-refractivity contribution in [2.45, 2.75) is 33.1 Å². The van der Waals surface area contributed by atoms with Gasteiger partial charge in [-0.05, 0) is 78.6 Å². The van der Waals surface area contributed by atoms with Crippen LogP contribution in [0.4, 0.5) is 0 Å². The summed E-state index contributed by atoms with van der Waals surface area (Å²) in [6.07, 6.45) is 2.32. The van der Waals surface area contributed by atoms with Crippen molar-refractivity contribution in [1.29, 1.82) is 0 Å². The Balaban J connectivity index is 0.000000153. The van der Waals surface area contributed by atoms with Crippen LogP contribution in [-0.4, -0.2) is 0 Å². The predicted octanol–water partition coefficient (Wildman–Crippen LogP) is 11.4. The predicted molar refractivity (Wildman–Crippen MR) is 178 cm³/mol. The molecular weight excluding hydrogens is 492 g/mol. The molecule has 0 saturated heterocycles. The summed E-state index contributed by atoms with van der Waals surface area (Å²) < 4.78 is 0. The number of rotatable bonds is 1. The van der Waals surface area contributed by atoms with E-state index in [1.165, 1.54) is 66.4 Å². The summed E-state index contributed by atoms with van der Waals surface area (Å²) in [7, 11) is 0. The Kier molecular flexibility index (Phi) is 7.16. The molecule has 0 saturated carbocycles. The van der Waals surface area contributed by atoms with Gasteiger partial charge in [0.1, 0.15) is 0 Å². The zero-order chi connectivity index (χ0) is 28.4. The van der Waals surface area contributed by atoms with Crippen LogP contribution in [0.2, 0.25) is 0 Å². The van der Waals surface area contributed by atoms with E-state index in [4.69, 9.17) is 0 Å². The van der Waals surface area contributed by atoms with Gasteiger partial charge in [-0.3, -0.25) is 0 Å². The van der Waals surface area contributed by atoms with E-state index >= 15 is 0 Å². The first kappa shape index (κ1) is 26.5. The minimum absolute atomic E-state index is 0.160. The molecule has 0 fully saturated rings. The van der Waals surface area contributed by atoms with Crippen molar-refractivity contribution >= 4 is 22.4 Å². The van der Waals surface area contributed by atoms with Crippen LogP contribution in [-0.2, 0) is 5.41 Å². The number of benzene rings is 6. The van der Waals surface area contributed by atoms with E-state index in [9.17, 15) is 0 Å². The molecule has 200 valence electrons. The van der Waals surface area contributed by atoms with Gasteiger partial charge in [-0.1, -0.05) is 161 Å². The molecule has 0 nitrogen and oxygen atoms in total. The maximum Gasteiger partial charge on any atom is 0.0158 e. The number of hydrogen-bond acceptors (Lipinski definition) is 0. The molecule has 6 aromatic carbocycles. The van der Waals surface area contributed by atoms with Crippen LogP contribution in [0.1, 0.15) is 55.5 Å². The van der Waals surface area contributed by atoms with Crippen molar-refractivity contribution in [2.24, 2.45) is 0 Å². The first-order valence-corrected chi connectivity index (χ1v) is 14.7. The summed E-state index contributed by atoms with van der Waals surface area (Å²) in [4.78, 5) is 0. The summed E-state index contributed by atoms with van der Waals surface area (Å²) >= 11 is 0. The highest BCUT2D eigenvalue weighted by molar-refractivity contribution is 6.06. The number of fused-ring (bicyclic) bond motifs is 7. The second kappa shape index (κ2) is 11.1. The summed E-state index contributed by atoms with van der Waals surface area (Å²) in [5, 5.41) is 2.57. The van der Waals surface area contributed by atoms with E-state index in [0.717, 1.165) is 0 Å². The van der Waals surface area contributed by atoms with Crippen LogP contribution in [0, 0.1) is 0 Å². The molecule has 2 aliphatic carbocycles. The minimum atomic E-state index is 0.160. The van der Waals surface area contributed by atoms with Gasteiger partial charge in [-0.25, -0.2) is 0 Å². The largest absolute Gasteiger partial charge is 0.0683 e. The standard InChI is InChI=1S/C24H16.C15H14.C2H6/c1-2-8-19-15-17(13-14-18(19)7-1)16-24-22-11-5-3-9-20(22)21-10-4-6-12-23(21)24;1-15(2)13-9-5-3-7-11(13)12-8-4-6-10-14(12)15;1-2/h1-16H;3-10H,1-2H3;1-2H3. The number of hydrogen-bond donors (Lipinski definition) is 0. The molecule has 0 aliphatic heterocycles. The molecule has 0 atom stereocenters. The van der Waals surface area contributed by atoms with Crippen molar-refractivity contribution in [3.8, 4) is 22.3 Å². The van der Waals surface area contributed by atoms with Crippen LogP contribution >= 0.6 is 0 Å². The van der Waals surface area contributed by atoms with Crippen molar-refractivity contribution in [3.05, 3.63) is 167 Å². The van der Waals surface area contributed by atoms with E-state index in [2.05, 4.69) is 159 Å². The van der Waals surface area contributed by atoms with Crippen LogP contribution in [0.3, 0.4) is 0 Å². The molecule has 0 spiro atoms. The van der Waals surface area contributed by atoms with E-state index in [1.54, 1.807) is 0 Å². The van der Waals surface area contributed by atoms with Gasteiger partial charge in [0.2, 0.25) is 0 Å². The Morgan fingerprint density at radius 1 is 0.415 bits per heavy atom. The van der Waals surface area contributed by atoms with Gasteiger partial charge in [0.15, 0.2) is 0 Å². The molecule has 0 heterocycles. The van der Waals surface area contributed by atoms with Crippen LogP contribution in [0.15, 0.2) is 140 Å². The third-order valence-electron chi connectivity index (χ3n) is 8.30. The second-order valence-electron chi connectivity index (χ2n) is 11.0. The summed E-state index contributed by atoms with van der Waals surface area (Å²) in [6, 6.07) is 50.0. The Morgan fingerprint density at radius 3 is 1.37 bits per heavy atom. The van der Waals surface area contributed by atoms with Crippen LogP contribution < -0.4 is 0 Å². The monoisotopic (exact) mass is 528 g/mol. The average Bonchev–Trinajstić information content (AvgIpc) is 3.47. The topological polar surface area (TPSA) is 0 Å². The Labute approximate surface area is 244 Å². The molecule has 6 aromatic rings. The maximum atomic E-state index is 2.32. The van der Waals surface area contributed by atoms with Gasteiger partial charge >= 0.3 is 0 Å². The highest BCUT2D eigenvalue weighted by Gasteiger charge is 2.34. The molecule has 0 unspecified atom stereocenters. The fourth-order valence-corrected chi connectivity index (χ4v) is 6.34. The van der Waals surface area contributed by atoms with Gasteiger partial charge in [0.25, 0.3) is 0 Å². The average molecular weight is 529 g/mol. The molecular formula is C41H36. The van der Waals surface area contributed by atoms with Gasteiger partial charge in [0.05, 0.1) is 0 Å². The lowest BCUT2D eigenvalue weighted by Gasteiger charge is -2.20. The Bertz CT molecular complexity index is 1790. The lowest BCUT2D eigenvalue weighted by Crippen LogP contribution is -2.14. The van der Waals surface area contributed by atoms with Gasteiger partial charge in [-0.2, -0.15) is 0 Å². The highest BCUT2D eigenvalue weighted by atomic mass is 14.4. The fourth-order valence-electron chi connectivity index (χ4n) is 6.34. The van der Waals surface area contributed by atoms with E-state index in [0.29, 0.717) is 0 Å². The molecule has 0 N–H and O–H groups in total. The van der Waals surface area contributed by atoms with E-state index in [-0.39, 0.29) is 5.41 Å². The third-order valence-corrected chi connectivity index (χ3v) is 8.30. The fraction of sp³-hybridized carbons (Fsp3) is 0.122. The second-order valence-corrected chi connectivity index (χ2v) is 11.0. The Hall–Kier alpha value is -4.68. The van der Waals surface area contributed by atoms with Crippen LogP contribution in [0.25, 0.3) is 44.7 Å². The van der Waals surface area contributed by atoms with Gasteiger partial charge in [-0.15, -0.1) is 0 Å². The summed E-state index contributed by atoms with van der Waals surface area (Å²) in [5.41, 5.74) is 13.7. The molecule has 0 bridgehead atoms.